The molecule has 17 heavy (non-hydrogen) atoms. The van der Waals surface area contributed by atoms with Crippen LogP contribution in [-0.4, -0.2) is 9.78 Å². The average Bonchev–Trinajstić information content (AvgIpc) is 2.55. The highest BCUT2D eigenvalue weighted by molar-refractivity contribution is 4.88. The summed E-state index contributed by atoms with van der Waals surface area (Å²) in [5.74, 6) is 0. The summed E-state index contributed by atoms with van der Waals surface area (Å²) in [7, 11) is 0. The van der Waals surface area contributed by atoms with Gasteiger partial charge < -0.3 is 4.42 Å². The molecule has 0 aliphatic carbocycles. The molecular formula is C14H26N2O. The lowest BCUT2D eigenvalue weighted by Gasteiger charge is -2.05. The minimum Gasteiger partial charge on any atom is -0.469 e. The van der Waals surface area contributed by atoms with Crippen LogP contribution in [0, 0.1) is 0 Å². The Morgan fingerprint density at radius 1 is 1.12 bits per heavy atom. The van der Waals surface area contributed by atoms with Gasteiger partial charge in [0.1, 0.15) is 12.5 Å². The predicted molar refractivity (Wildman–Crippen MR) is 71.4 cm³/mol. The van der Waals surface area contributed by atoms with E-state index in [2.05, 4.69) is 23.6 Å². The van der Waals surface area contributed by atoms with Crippen molar-refractivity contribution in [2.45, 2.75) is 65.3 Å². The summed E-state index contributed by atoms with van der Waals surface area (Å²) in [5, 5.41) is 3.42. The lowest BCUT2D eigenvalue weighted by atomic mass is 10.2. The molecule has 0 unspecified atom stereocenters. The number of hydrogen-bond acceptors (Lipinski definition) is 1. The highest BCUT2D eigenvalue weighted by atomic mass is 16.3. The second-order valence-corrected chi connectivity index (χ2v) is 4.53. The number of aromatic nitrogens is 2. The van der Waals surface area contributed by atoms with Crippen molar-refractivity contribution < 1.29 is 4.42 Å². The molecule has 98 valence electrons. The number of nitrogens with one attached hydrogen (secondary N) is 1. The van der Waals surface area contributed by atoms with Gasteiger partial charge in [0.05, 0.1) is 11.9 Å². The molecule has 0 aromatic carbocycles. The molecule has 0 radical (unpaired) electrons. The van der Waals surface area contributed by atoms with Crippen LogP contribution in [0.4, 0.5) is 0 Å². The van der Waals surface area contributed by atoms with E-state index in [4.69, 9.17) is 4.42 Å². The number of aryl methyl sites for hydroxylation is 2. The number of rotatable bonds is 8. The fourth-order valence-corrected chi connectivity index (χ4v) is 1.82. The molecule has 0 fully saturated rings. The maximum absolute atomic E-state index is 5.33. The minimum atomic E-state index is 1.04. The van der Waals surface area contributed by atoms with Crippen LogP contribution in [0.1, 0.15) is 58.1 Å². The lowest BCUT2D eigenvalue weighted by molar-refractivity contribution is 0.534. The molecule has 0 aliphatic heterocycles. The van der Waals surface area contributed by atoms with Gasteiger partial charge in [-0.05, 0) is 19.3 Å². The lowest BCUT2D eigenvalue weighted by Crippen LogP contribution is -2.03. The monoisotopic (exact) mass is 238 g/mol. The number of aromatic amines is 1. The van der Waals surface area contributed by atoms with Crippen LogP contribution in [0.25, 0.3) is 0 Å². The van der Waals surface area contributed by atoms with E-state index >= 15 is 0 Å². The Labute approximate surface area is 105 Å². The molecular weight excluding hydrogens is 212 g/mol. The Balaban J connectivity index is 2.53. The van der Waals surface area contributed by atoms with Crippen molar-refractivity contribution in [3.8, 4) is 0 Å². The Morgan fingerprint density at radius 2 is 1.88 bits per heavy atom. The third kappa shape index (κ3) is 6.25. The summed E-state index contributed by atoms with van der Waals surface area (Å²) < 4.78 is 7.45. The molecule has 1 rings (SSSR count). The zero-order valence-electron chi connectivity index (χ0n) is 11.2. The van der Waals surface area contributed by atoms with Gasteiger partial charge in [-0.15, -0.1) is 0 Å². The normalized spacial score (nSPS) is 10.5. The van der Waals surface area contributed by atoms with E-state index in [9.17, 15) is 0 Å². The molecule has 3 heteroatoms. The van der Waals surface area contributed by atoms with Crippen LogP contribution in [0.5, 0.6) is 0 Å². The molecule has 1 heterocycles. The Hall–Kier alpha value is -1.12. The second kappa shape index (κ2) is 8.97. The van der Waals surface area contributed by atoms with Gasteiger partial charge in [-0.3, -0.25) is 9.78 Å². The van der Waals surface area contributed by atoms with Crippen molar-refractivity contribution in [2.24, 2.45) is 0 Å². The van der Waals surface area contributed by atoms with Crippen molar-refractivity contribution in [1.82, 2.24) is 9.78 Å². The maximum atomic E-state index is 5.33. The molecule has 1 N–H and O–H groups in total. The maximum Gasteiger partial charge on any atom is 0.111 e. The molecule has 1 aromatic rings. The molecule has 0 atom stereocenters. The van der Waals surface area contributed by atoms with Crippen LogP contribution in [0.2, 0.25) is 0 Å². The molecule has 0 bridgehead atoms. The van der Waals surface area contributed by atoms with Crippen molar-refractivity contribution in [3.63, 3.8) is 0 Å². The first-order valence-electron chi connectivity index (χ1n) is 6.91. The third-order valence-corrected chi connectivity index (χ3v) is 2.87. The summed E-state index contributed by atoms with van der Waals surface area (Å²) in [4.78, 5) is 0. The van der Waals surface area contributed by atoms with E-state index in [1.54, 1.807) is 6.26 Å². The quantitative estimate of drug-likeness (QED) is 0.667. The standard InChI is InChI=1S/C14H26N2O/c1-3-5-7-9-14-13-17-12-11-16(15-14)10-8-6-4-2/h11-13,15H,3-10H2,1-2H3. The van der Waals surface area contributed by atoms with Crippen molar-refractivity contribution in [1.29, 1.82) is 0 Å². The first kappa shape index (κ1) is 13.9. The van der Waals surface area contributed by atoms with Crippen LogP contribution >= 0.6 is 0 Å². The van der Waals surface area contributed by atoms with Crippen LogP contribution in [0.15, 0.2) is 23.1 Å². The van der Waals surface area contributed by atoms with Gasteiger partial charge in [0.25, 0.3) is 0 Å². The Morgan fingerprint density at radius 3 is 2.65 bits per heavy atom. The molecule has 0 amide bonds. The SMILES string of the molecule is CCCCCc1coccn(CCCCC)[nH]1. The summed E-state index contributed by atoms with van der Waals surface area (Å²) in [6.07, 6.45) is 14.1. The van der Waals surface area contributed by atoms with Gasteiger partial charge >= 0.3 is 0 Å². The summed E-state index contributed by atoms with van der Waals surface area (Å²) >= 11 is 0. The number of unbranched alkanes of at least 4 members (excludes halogenated alkanes) is 4. The fraction of sp³-hybridized carbons (Fsp3) is 0.714. The zero-order valence-corrected chi connectivity index (χ0v) is 11.2. The van der Waals surface area contributed by atoms with E-state index in [0.29, 0.717) is 0 Å². The molecule has 1 aromatic heterocycles. The van der Waals surface area contributed by atoms with Crippen molar-refractivity contribution >= 4 is 0 Å². The smallest absolute Gasteiger partial charge is 0.111 e. The first-order valence-corrected chi connectivity index (χ1v) is 6.91. The van der Waals surface area contributed by atoms with Crippen LogP contribution in [0.3, 0.4) is 0 Å². The van der Waals surface area contributed by atoms with E-state index < -0.39 is 0 Å². The molecule has 0 aliphatic rings. The fourth-order valence-electron chi connectivity index (χ4n) is 1.82. The minimum absolute atomic E-state index is 1.04. The van der Waals surface area contributed by atoms with Crippen molar-refractivity contribution in [3.05, 3.63) is 24.4 Å². The van der Waals surface area contributed by atoms with E-state index in [1.807, 2.05) is 12.5 Å². The van der Waals surface area contributed by atoms with Gasteiger partial charge in [0.15, 0.2) is 0 Å². The summed E-state index contributed by atoms with van der Waals surface area (Å²) in [6.45, 7) is 5.49. The molecule has 3 nitrogen and oxygen atoms in total. The van der Waals surface area contributed by atoms with Gasteiger partial charge in [0.2, 0.25) is 0 Å². The highest BCUT2D eigenvalue weighted by Crippen LogP contribution is 2.03. The Kier molecular flexibility index (Phi) is 7.35. The average molecular weight is 238 g/mol. The molecule has 0 saturated heterocycles. The molecule has 0 saturated carbocycles. The van der Waals surface area contributed by atoms with Crippen LogP contribution in [-0.2, 0) is 13.0 Å². The summed E-state index contributed by atoms with van der Waals surface area (Å²) in [6, 6.07) is 0. The molecule has 0 spiro atoms. The van der Waals surface area contributed by atoms with Crippen molar-refractivity contribution in [2.75, 3.05) is 0 Å². The number of nitrogens with zero attached hydrogens (tertiary/aromatic N) is 1. The van der Waals surface area contributed by atoms with Gasteiger partial charge in [-0.2, -0.15) is 0 Å². The number of H-pyrrole nitrogens is 1. The third-order valence-electron chi connectivity index (χ3n) is 2.87. The zero-order chi connectivity index (χ0) is 12.3. The Bertz CT molecular complexity index is 291. The highest BCUT2D eigenvalue weighted by Gasteiger charge is 1.94. The number of hydrogen-bond donors (Lipinski definition) is 1. The largest absolute Gasteiger partial charge is 0.469 e. The van der Waals surface area contributed by atoms with Gasteiger partial charge in [0, 0.05) is 6.54 Å². The summed E-state index contributed by atoms with van der Waals surface area (Å²) in [5.41, 5.74) is 1.18. The van der Waals surface area contributed by atoms with Gasteiger partial charge in [-0.25, -0.2) is 0 Å². The van der Waals surface area contributed by atoms with E-state index in [1.165, 1.54) is 44.2 Å². The first-order chi connectivity index (χ1) is 8.36. The van der Waals surface area contributed by atoms with Gasteiger partial charge in [-0.1, -0.05) is 39.5 Å². The van der Waals surface area contributed by atoms with Crippen LogP contribution < -0.4 is 0 Å². The topological polar surface area (TPSA) is 33.9 Å². The van der Waals surface area contributed by atoms with E-state index in [0.717, 1.165) is 13.0 Å². The predicted octanol–water partition coefficient (Wildman–Crippen LogP) is 4.46. The van der Waals surface area contributed by atoms with E-state index in [-0.39, 0.29) is 0 Å². The second-order valence-electron chi connectivity index (χ2n) is 4.53.